The standard InChI is InChI=1S/C25H28N8O/c1-3-4-11-32-15-25(16-32,8-9-26)30-13-18(12-27)33-22-19-7-10-28-23(19)29-14-20(22)31-24(33)21-6-5-17(2)34-21/h5-7,10,12-14H,3-4,8,11,15-16,27H2,1-2H3,(H,28,29). The van der Waals surface area contributed by atoms with Crippen LogP contribution in [0.3, 0.4) is 0 Å². The fraction of sp³-hybridized carbons (Fsp3) is 0.360. The van der Waals surface area contributed by atoms with Gasteiger partial charge in [-0.15, -0.1) is 0 Å². The van der Waals surface area contributed by atoms with Gasteiger partial charge in [-0.2, -0.15) is 5.26 Å². The Hall–Kier alpha value is -3.90. The predicted molar refractivity (Wildman–Crippen MR) is 133 cm³/mol. The average molecular weight is 457 g/mol. The Morgan fingerprint density at radius 2 is 2.24 bits per heavy atom. The third-order valence-electron chi connectivity index (χ3n) is 6.33. The van der Waals surface area contributed by atoms with Crippen LogP contribution < -0.4 is 5.73 Å². The van der Waals surface area contributed by atoms with E-state index in [1.165, 1.54) is 6.20 Å². The van der Waals surface area contributed by atoms with Gasteiger partial charge in [-0.25, -0.2) is 9.97 Å². The molecule has 9 heteroatoms. The van der Waals surface area contributed by atoms with Crippen LogP contribution in [0.15, 0.2) is 46.2 Å². The zero-order chi connectivity index (χ0) is 23.7. The van der Waals surface area contributed by atoms with E-state index in [-0.39, 0.29) is 0 Å². The summed E-state index contributed by atoms with van der Waals surface area (Å²) in [6.45, 7) is 6.66. The van der Waals surface area contributed by atoms with E-state index >= 15 is 0 Å². The predicted octanol–water partition coefficient (Wildman–Crippen LogP) is 4.08. The molecule has 34 heavy (non-hydrogen) atoms. The normalized spacial score (nSPS) is 16.4. The first kappa shape index (κ1) is 21.9. The minimum absolute atomic E-state index is 0.366. The van der Waals surface area contributed by atoms with Gasteiger partial charge >= 0.3 is 0 Å². The molecule has 1 fully saturated rings. The maximum atomic E-state index is 9.45. The van der Waals surface area contributed by atoms with Crippen molar-refractivity contribution in [2.24, 2.45) is 10.7 Å². The Morgan fingerprint density at radius 3 is 2.94 bits per heavy atom. The minimum atomic E-state index is -0.417. The maximum Gasteiger partial charge on any atom is 0.182 e. The van der Waals surface area contributed by atoms with E-state index in [2.05, 4.69) is 27.9 Å². The van der Waals surface area contributed by atoms with Crippen molar-refractivity contribution in [1.29, 1.82) is 5.26 Å². The Balaban J connectivity index is 1.59. The fourth-order valence-corrected chi connectivity index (χ4v) is 4.63. The van der Waals surface area contributed by atoms with E-state index in [0.29, 0.717) is 23.7 Å². The number of nitrogens with zero attached hydrogens (tertiary/aromatic N) is 6. The Bertz CT molecular complexity index is 1420. The van der Waals surface area contributed by atoms with Crippen molar-refractivity contribution in [2.45, 2.75) is 38.6 Å². The van der Waals surface area contributed by atoms with Crippen LogP contribution in [0, 0.1) is 18.3 Å². The van der Waals surface area contributed by atoms with E-state index < -0.39 is 5.54 Å². The molecule has 0 saturated carbocycles. The molecule has 1 aliphatic heterocycles. The lowest BCUT2D eigenvalue weighted by Gasteiger charge is -2.46. The average Bonchev–Trinajstić information content (AvgIpc) is 3.54. The van der Waals surface area contributed by atoms with Crippen LogP contribution in [0.5, 0.6) is 0 Å². The Kier molecular flexibility index (Phi) is 5.67. The summed E-state index contributed by atoms with van der Waals surface area (Å²) >= 11 is 0. The van der Waals surface area contributed by atoms with Crippen molar-refractivity contribution in [3.63, 3.8) is 0 Å². The number of aliphatic imine (C=N–C) groups is 1. The highest BCUT2D eigenvalue weighted by Gasteiger charge is 2.42. The molecule has 5 heterocycles. The van der Waals surface area contributed by atoms with Gasteiger partial charge in [0.15, 0.2) is 11.6 Å². The van der Waals surface area contributed by atoms with Crippen LogP contribution in [-0.2, 0) is 0 Å². The molecule has 0 amide bonds. The Morgan fingerprint density at radius 1 is 1.38 bits per heavy atom. The number of nitriles is 1. The number of nitrogens with one attached hydrogen (secondary N) is 1. The van der Waals surface area contributed by atoms with E-state index in [0.717, 1.165) is 60.3 Å². The van der Waals surface area contributed by atoms with Crippen molar-refractivity contribution >= 4 is 34.0 Å². The molecule has 0 aromatic carbocycles. The number of H-pyrrole nitrogens is 1. The van der Waals surface area contributed by atoms with Crippen LogP contribution in [0.25, 0.3) is 39.3 Å². The Labute approximate surface area is 197 Å². The summed E-state index contributed by atoms with van der Waals surface area (Å²) in [4.78, 5) is 19.7. The molecule has 0 unspecified atom stereocenters. The zero-order valence-electron chi connectivity index (χ0n) is 19.5. The molecule has 0 spiro atoms. The van der Waals surface area contributed by atoms with E-state index in [1.54, 1.807) is 12.4 Å². The lowest BCUT2D eigenvalue weighted by atomic mass is 9.87. The topological polar surface area (TPSA) is 125 Å². The molecule has 1 saturated heterocycles. The molecule has 0 bridgehead atoms. The molecule has 4 aromatic rings. The number of rotatable bonds is 8. The first-order valence-corrected chi connectivity index (χ1v) is 11.6. The third-order valence-corrected chi connectivity index (χ3v) is 6.33. The van der Waals surface area contributed by atoms with Gasteiger partial charge in [0.05, 0.1) is 35.4 Å². The van der Waals surface area contributed by atoms with Crippen molar-refractivity contribution in [2.75, 3.05) is 19.6 Å². The second-order valence-corrected chi connectivity index (χ2v) is 8.89. The van der Waals surface area contributed by atoms with Crippen LogP contribution in [0.4, 0.5) is 0 Å². The molecule has 4 aromatic heterocycles. The van der Waals surface area contributed by atoms with E-state index in [1.807, 2.05) is 35.9 Å². The van der Waals surface area contributed by atoms with Crippen molar-refractivity contribution < 1.29 is 4.42 Å². The molecule has 1 aliphatic rings. The zero-order valence-corrected chi connectivity index (χ0v) is 19.5. The number of hydrogen-bond donors (Lipinski definition) is 2. The van der Waals surface area contributed by atoms with Gasteiger partial charge in [0, 0.05) is 37.1 Å². The van der Waals surface area contributed by atoms with Gasteiger partial charge in [-0.3, -0.25) is 14.5 Å². The lowest BCUT2D eigenvalue weighted by Crippen LogP contribution is -2.60. The molecule has 0 atom stereocenters. The summed E-state index contributed by atoms with van der Waals surface area (Å²) < 4.78 is 7.88. The molecule has 0 aliphatic carbocycles. The number of furan rings is 1. The number of aryl methyl sites for hydroxylation is 1. The molecule has 174 valence electrons. The molecule has 3 N–H and O–H groups in total. The van der Waals surface area contributed by atoms with Crippen LogP contribution in [0.1, 0.15) is 31.9 Å². The summed E-state index contributed by atoms with van der Waals surface area (Å²) in [6, 6.07) is 8.09. The number of fused-ring (bicyclic) bond motifs is 3. The van der Waals surface area contributed by atoms with Gasteiger partial charge in [-0.05, 0) is 38.1 Å². The second kappa shape index (κ2) is 8.80. The maximum absolute atomic E-state index is 9.45. The van der Waals surface area contributed by atoms with Crippen molar-refractivity contribution in [1.82, 2.24) is 24.4 Å². The molecule has 9 nitrogen and oxygen atoms in total. The van der Waals surface area contributed by atoms with E-state index in [4.69, 9.17) is 20.1 Å². The van der Waals surface area contributed by atoms with Crippen LogP contribution >= 0.6 is 0 Å². The van der Waals surface area contributed by atoms with Gasteiger partial charge in [0.1, 0.15) is 16.9 Å². The highest BCUT2D eigenvalue weighted by atomic mass is 16.3. The van der Waals surface area contributed by atoms with E-state index in [9.17, 15) is 5.26 Å². The lowest BCUT2D eigenvalue weighted by molar-refractivity contribution is 0.0750. The van der Waals surface area contributed by atoms with Gasteiger partial charge in [0.2, 0.25) is 0 Å². The molecular weight excluding hydrogens is 428 g/mol. The molecular formula is C25H28N8O. The minimum Gasteiger partial charge on any atom is -0.458 e. The fourth-order valence-electron chi connectivity index (χ4n) is 4.63. The SMILES string of the molecule is CCCCN1CC(CC#N)(N=CC(=CN)n2c(-c3ccc(C)o3)nc3cnc4[nH]ccc4c32)C1. The highest BCUT2D eigenvalue weighted by molar-refractivity contribution is 6.11. The van der Waals surface area contributed by atoms with Crippen LogP contribution in [-0.4, -0.2) is 55.8 Å². The smallest absolute Gasteiger partial charge is 0.182 e. The summed E-state index contributed by atoms with van der Waals surface area (Å²) in [5.74, 6) is 2.04. The quantitative estimate of drug-likeness (QED) is 0.385. The summed E-state index contributed by atoms with van der Waals surface area (Å²) in [5, 5.41) is 10.4. The number of imidazole rings is 1. The first-order chi connectivity index (χ1) is 16.6. The number of likely N-dealkylation sites (tertiary alicyclic amines) is 1. The van der Waals surface area contributed by atoms with Crippen molar-refractivity contribution in [3.8, 4) is 17.7 Å². The number of nitrogens with two attached hydrogens (primary N) is 1. The van der Waals surface area contributed by atoms with Gasteiger partial charge in [-0.1, -0.05) is 13.3 Å². The number of allylic oxidation sites excluding steroid dienone is 1. The number of aromatic amines is 1. The number of hydrogen-bond acceptors (Lipinski definition) is 7. The largest absolute Gasteiger partial charge is 0.458 e. The van der Waals surface area contributed by atoms with Crippen molar-refractivity contribution in [3.05, 3.63) is 42.6 Å². The number of unbranched alkanes of at least 4 members (excludes halogenated alkanes) is 1. The summed E-state index contributed by atoms with van der Waals surface area (Å²) in [7, 11) is 0. The first-order valence-electron chi connectivity index (χ1n) is 11.6. The summed E-state index contributed by atoms with van der Waals surface area (Å²) in [6.07, 6.45) is 9.55. The molecule has 5 rings (SSSR count). The number of aromatic nitrogens is 4. The molecule has 0 radical (unpaired) electrons. The van der Waals surface area contributed by atoms with Gasteiger partial charge in [0.25, 0.3) is 0 Å². The second-order valence-electron chi connectivity index (χ2n) is 8.89. The number of pyridine rings is 1. The monoisotopic (exact) mass is 456 g/mol. The third kappa shape index (κ3) is 3.76. The van der Waals surface area contributed by atoms with Gasteiger partial charge < -0.3 is 15.1 Å². The summed E-state index contributed by atoms with van der Waals surface area (Å²) in [5.41, 5.74) is 8.74. The highest BCUT2D eigenvalue weighted by Crippen LogP contribution is 2.33. The van der Waals surface area contributed by atoms with Crippen LogP contribution in [0.2, 0.25) is 0 Å².